The predicted octanol–water partition coefficient (Wildman–Crippen LogP) is 2.74. The van der Waals surface area contributed by atoms with Gasteiger partial charge in [-0.1, -0.05) is 24.3 Å². The monoisotopic (exact) mass is 412 g/mol. The van der Waals surface area contributed by atoms with Crippen molar-refractivity contribution in [2.24, 2.45) is 5.14 Å². The molecule has 0 fully saturated rings. The summed E-state index contributed by atoms with van der Waals surface area (Å²) < 4.78 is 29.9. The standard InChI is InChI=1S/C21H24N4O3S/c22-21-18-7-2-4-15(18)8-9-19(21)16-5-1-6-17(14-16)28-13-3-11-25-12-10-20(24-25)29(23,26)27/h1,5-6,8-10,12,14H,2-4,7,11,13,22H2,(H2,23,26,27). The first kappa shape index (κ1) is 19.5. The number of rotatable bonds is 7. The van der Waals surface area contributed by atoms with Crippen LogP contribution in [0.3, 0.4) is 0 Å². The molecule has 0 bridgehead atoms. The Morgan fingerprint density at radius 3 is 2.79 bits per heavy atom. The van der Waals surface area contributed by atoms with Gasteiger partial charge < -0.3 is 10.5 Å². The van der Waals surface area contributed by atoms with Gasteiger partial charge >= 0.3 is 0 Å². The van der Waals surface area contributed by atoms with Crippen molar-refractivity contribution in [1.29, 1.82) is 0 Å². The minimum Gasteiger partial charge on any atom is -0.494 e. The molecule has 8 heteroatoms. The smallest absolute Gasteiger partial charge is 0.257 e. The fourth-order valence-corrected chi connectivity index (χ4v) is 4.21. The van der Waals surface area contributed by atoms with Gasteiger partial charge in [-0.3, -0.25) is 4.68 Å². The quantitative estimate of drug-likeness (QED) is 0.458. The average Bonchev–Trinajstić information content (AvgIpc) is 3.35. The molecule has 1 heterocycles. The molecule has 0 amide bonds. The molecule has 7 nitrogen and oxygen atoms in total. The summed E-state index contributed by atoms with van der Waals surface area (Å²) in [6, 6.07) is 13.6. The lowest BCUT2D eigenvalue weighted by Gasteiger charge is -2.13. The van der Waals surface area contributed by atoms with Gasteiger partial charge in [0.25, 0.3) is 10.0 Å². The molecule has 3 aromatic rings. The lowest BCUT2D eigenvalue weighted by molar-refractivity contribution is 0.298. The van der Waals surface area contributed by atoms with Crippen LogP contribution in [0.1, 0.15) is 24.0 Å². The minimum atomic E-state index is -3.77. The third-order valence-electron chi connectivity index (χ3n) is 5.18. The van der Waals surface area contributed by atoms with Crippen molar-refractivity contribution in [3.63, 3.8) is 0 Å². The normalized spacial score (nSPS) is 13.4. The fraction of sp³-hybridized carbons (Fsp3) is 0.286. The molecule has 1 aromatic heterocycles. The first-order valence-corrected chi connectivity index (χ1v) is 11.2. The Bertz CT molecular complexity index is 1140. The van der Waals surface area contributed by atoms with E-state index >= 15 is 0 Å². The van der Waals surface area contributed by atoms with Crippen LogP contribution in [0.4, 0.5) is 5.69 Å². The van der Waals surface area contributed by atoms with Gasteiger partial charge in [-0.25, -0.2) is 13.6 Å². The topological polar surface area (TPSA) is 113 Å². The predicted molar refractivity (Wildman–Crippen MR) is 112 cm³/mol. The first-order valence-electron chi connectivity index (χ1n) is 9.61. The van der Waals surface area contributed by atoms with Crippen molar-refractivity contribution in [1.82, 2.24) is 9.78 Å². The van der Waals surface area contributed by atoms with Crippen LogP contribution in [0, 0.1) is 0 Å². The molecular weight excluding hydrogens is 388 g/mol. The van der Waals surface area contributed by atoms with E-state index < -0.39 is 10.0 Å². The SMILES string of the molecule is Nc1c(-c2cccc(OCCCn3ccc(S(N)(=O)=O)n3)c2)ccc2c1CCC2. The van der Waals surface area contributed by atoms with Crippen LogP contribution in [0.15, 0.2) is 53.7 Å². The highest BCUT2D eigenvalue weighted by Crippen LogP contribution is 2.36. The molecule has 0 aliphatic heterocycles. The van der Waals surface area contributed by atoms with Crippen molar-refractivity contribution in [2.45, 2.75) is 37.3 Å². The Morgan fingerprint density at radius 2 is 2.00 bits per heavy atom. The number of aromatic nitrogens is 2. The van der Waals surface area contributed by atoms with E-state index in [-0.39, 0.29) is 5.03 Å². The Hall–Kier alpha value is -2.84. The number of nitrogens with zero attached hydrogens (tertiary/aromatic N) is 2. The molecule has 1 aliphatic carbocycles. The van der Waals surface area contributed by atoms with E-state index in [1.807, 2.05) is 24.3 Å². The van der Waals surface area contributed by atoms with E-state index in [4.69, 9.17) is 15.6 Å². The number of nitrogen functional groups attached to an aromatic ring is 1. The summed E-state index contributed by atoms with van der Waals surface area (Å²) in [6.45, 7) is 1.01. The summed E-state index contributed by atoms with van der Waals surface area (Å²) in [5, 5.41) is 8.89. The second-order valence-electron chi connectivity index (χ2n) is 7.21. The van der Waals surface area contributed by atoms with Gasteiger partial charge in [0.2, 0.25) is 0 Å². The molecule has 0 unspecified atom stereocenters. The van der Waals surface area contributed by atoms with E-state index in [1.54, 1.807) is 10.9 Å². The maximum Gasteiger partial charge on any atom is 0.257 e. The highest BCUT2D eigenvalue weighted by molar-refractivity contribution is 7.89. The molecule has 1 aliphatic rings. The number of aryl methyl sites for hydroxylation is 2. The van der Waals surface area contributed by atoms with Crippen LogP contribution < -0.4 is 15.6 Å². The van der Waals surface area contributed by atoms with E-state index in [0.717, 1.165) is 35.4 Å². The lowest BCUT2D eigenvalue weighted by atomic mass is 9.97. The summed E-state index contributed by atoms with van der Waals surface area (Å²) in [5.41, 5.74) is 12.0. The summed E-state index contributed by atoms with van der Waals surface area (Å²) in [4.78, 5) is 0. The number of primary sulfonamides is 1. The number of hydrogen-bond donors (Lipinski definition) is 2. The van der Waals surface area contributed by atoms with Gasteiger partial charge in [-0.05, 0) is 54.2 Å². The fourth-order valence-electron chi connectivity index (χ4n) is 3.74. The molecule has 2 aromatic carbocycles. The number of nitrogens with two attached hydrogens (primary N) is 2. The second kappa shape index (κ2) is 7.88. The van der Waals surface area contributed by atoms with Crippen LogP contribution in [0.5, 0.6) is 5.75 Å². The maximum absolute atomic E-state index is 11.3. The van der Waals surface area contributed by atoms with E-state index in [0.29, 0.717) is 19.6 Å². The minimum absolute atomic E-state index is 0.127. The molecule has 0 saturated carbocycles. The Morgan fingerprint density at radius 1 is 1.14 bits per heavy atom. The van der Waals surface area contributed by atoms with E-state index in [1.165, 1.54) is 23.6 Å². The van der Waals surface area contributed by atoms with Crippen LogP contribution in [0.2, 0.25) is 0 Å². The Kier molecular flexibility index (Phi) is 5.29. The van der Waals surface area contributed by atoms with Crippen LogP contribution in [-0.4, -0.2) is 24.8 Å². The van der Waals surface area contributed by atoms with Crippen LogP contribution in [0.25, 0.3) is 11.1 Å². The Balaban J connectivity index is 1.38. The highest BCUT2D eigenvalue weighted by Gasteiger charge is 2.17. The van der Waals surface area contributed by atoms with Gasteiger partial charge in [0.1, 0.15) is 5.75 Å². The van der Waals surface area contributed by atoms with E-state index in [9.17, 15) is 8.42 Å². The summed E-state index contributed by atoms with van der Waals surface area (Å²) >= 11 is 0. The molecule has 0 spiro atoms. The number of sulfonamides is 1. The zero-order valence-electron chi connectivity index (χ0n) is 16.0. The summed E-state index contributed by atoms with van der Waals surface area (Å²) in [6.07, 6.45) is 5.60. The molecule has 4 rings (SSSR count). The van der Waals surface area contributed by atoms with Crippen LogP contribution >= 0.6 is 0 Å². The first-order chi connectivity index (χ1) is 13.9. The van der Waals surface area contributed by atoms with Gasteiger partial charge in [0, 0.05) is 30.4 Å². The third-order valence-corrected chi connectivity index (χ3v) is 5.98. The zero-order valence-corrected chi connectivity index (χ0v) is 16.9. The number of fused-ring (bicyclic) bond motifs is 1. The zero-order chi connectivity index (χ0) is 20.4. The van der Waals surface area contributed by atoms with Crippen molar-refractivity contribution in [3.8, 4) is 16.9 Å². The van der Waals surface area contributed by atoms with Crippen molar-refractivity contribution in [2.75, 3.05) is 12.3 Å². The molecular formula is C21H24N4O3S. The molecule has 0 saturated heterocycles. The van der Waals surface area contributed by atoms with Gasteiger partial charge in [-0.2, -0.15) is 5.10 Å². The number of anilines is 1. The van der Waals surface area contributed by atoms with Gasteiger partial charge in [0.15, 0.2) is 5.03 Å². The van der Waals surface area contributed by atoms with E-state index in [2.05, 4.69) is 17.2 Å². The molecule has 0 radical (unpaired) electrons. The molecule has 29 heavy (non-hydrogen) atoms. The second-order valence-corrected chi connectivity index (χ2v) is 8.72. The van der Waals surface area contributed by atoms with Crippen LogP contribution in [-0.2, 0) is 29.4 Å². The maximum atomic E-state index is 11.3. The third kappa shape index (κ3) is 4.28. The highest BCUT2D eigenvalue weighted by atomic mass is 32.2. The molecule has 0 atom stereocenters. The summed E-state index contributed by atoms with van der Waals surface area (Å²) in [7, 11) is -3.77. The van der Waals surface area contributed by atoms with Gasteiger partial charge in [-0.15, -0.1) is 0 Å². The molecule has 152 valence electrons. The van der Waals surface area contributed by atoms with Crippen molar-refractivity contribution >= 4 is 15.7 Å². The summed E-state index contributed by atoms with van der Waals surface area (Å²) in [5.74, 6) is 0.771. The van der Waals surface area contributed by atoms with Crippen molar-refractivity contribution < 1.29 is 13.2 Å². The number of ether oxygens (including phenoxy) is 1. The number of hydrogen-bond acceptors (Lipinski definition) is 5. The lowest BCUT2D eigenvalue weighted by Crippen LogP contribution is -2.14. The number of benzene rings is 2. The van der Waals surface area contributed by atoms with Gasteiger partial charge in [0.05, 0.1) is 6.61 Å². The average molecular weight is 413 g/mol. The Labute approximate surface area is 170 Å². The molecule has 4 N–H and O–H groups in total. The largest absolute Gasteiger partial charge is 0.494 e. The van der Waals surface area contributed by atoms with Crippen molar-refractivity contribution in [3.05, 3.63) is 59.8 Å².